The Kier molecular flexibility index (Phi) is 5.49. The van der Waals surface area contributed by atoms with Crippen LogP contribution in [0.5, 0.6) is 5.75 Å². The number of ether oxygens (including phenoxy) is 1. The molecule has 0 radical (unpaired) electrons. The third-order valence-electron chi connectivity index (χ3n) is 4.22. The van der Waals surface area contributed by atoms with Gasteiger partial charge in [-0.1, -0.05) is 28.1 Å². The maximum absolute atomic E-state index is 12.5. The normalized spacial score (nSPS) is 10.7. The Labute approximate surface area is 179 Å². The van der Waals surface area contributed by atoms with Crippen LogP contribution in [0.4, 0.5) is 5.69 Å². The monoisotopic (exact) mass is 466 g/mol. The summed E-state index contributed by atoms with van der Waals surface area (Å²) in [5, 5.41) is 11.8. The third kappa shape index (κ3) is 4.33. The molecule has 0 spiro atoms. The molecule has 2 N–H and O–H groups in total. The van der Waals surface area contributed by atoms with Gasteiger partial charge in [0.15, 0.2) is 12.2 Å². The Bertz CT molecular complexity index is 1200. The standard InChI is InChI=1S/C22H15BrN2O5/c23-14-7-5-13(6-8-14)21(28)24-15-9-10-18(29-12-20(26)27)16(11-15)22-25-17-3-1-2-4-19(17)30-22/h1-11H,12H2,(H,24,28)(H,26,27). The van der Waals surface area contributed by atoms with E-state index in [9.17, 15) is 9.59 Å². The maximum Gasteiger partial charge on any atom is 0.341 e. The summed E-state index contributed by atoms with van der Waals surface area (Å²) >= 11 is 3.34. The van der Waals surface area contributed by atoms with Gasteiger partial charge in [0.2, 0.25) is 5.89 Å². The first-order chi connectivity index (χ1) is 14.5. The fourth-order valence-corrected chi connectivity index (χ4v) is 3.10. The fourth-order valence-electron chi connectivity index (χ4n) is 2.83. The van der Waals surface area contributed by atoms with Crippen molar-refractivity contribution in [3.05, 3.63) is 76.8 Å². The second kappa shape index (κ2) is 8.38. The number of hydrogen-bond donors (Lipinski definition) is 2. The van der Waals surface area contributed by atoms with E-state index in [1.54, 1.807) is 54.6 Å². The fraction of sp³-hybridized carbons (Fsp3) is 0.0455. The molecule has 0 bridgehead atoms. The molecular weight excluding hydrogens is 452 g/mol. The Morgan fingerprint density at radius 1 is 1.07 bits per heavy atom. The zero-order chi connectivity index (χ0) is 21.1. The van der Waals surface area contributed by atoms with Gasteiger partial charge in [-0.3, -0.25) is 4.79 Å². The molecule has 1 heterocycles. The quantitative estimate of drug-likeness (QED) is 0.415. The van der Waals surface area contributed by atoms with Crippen molar-refractivity contribution in [1.29, 1.82) is 0 Å². The van der Waals surface area contributed by atoms with Gasteiger partial charge in [0.1, 0.15) is 11.3 Å². The summed E-state index contributed by atoms with van der Waals surface area (Å²) in [6, 6.07) is 19.0. The predicted octanol–water partition coefficient (Wildman–Crippen LogP) is 4.97. The van der Waals surface area contributed by atoms with E-state index >= 15 is 0 Å². The number of aromatic nitrogens is 1. The summed E-state index contributed by atoms with van der Waals surface area (Å²) < 4.78 is 12.1. The molecule has 0 fully saturated rings. The summed E-state index contributed by atoms with van der Waals surface area (Å²) in [5.41, 5.74) is 2.65. The van der Waals surface area contributed by atoms with Gasteiger partial charge in [-0.25, -0.2) is 9.78 Å². The van der Waals surface area contributed by atoms with Gasteiger partial charge in [0.05, 0.1) is 5.56 Å². The highest BCUT2D eigenvalue weighted by Crippen LogP contribution is 2.34. The van der Waals surface area contributed by atoms with E-state index < -0.39 is 12.6 Å². The molecule has 7 nitrogen and oxygen atoms in total. The summed E-state index contributed by atoms with van der Waals surface area (Å²) in [4.78, 5) is 27.9. The number of carboxylic acid groups (broad SMARTS) is 1. The average molecular weight is 467 g/mol. The smallest absolute Gasteiger partial charge is 0.341 e. The first kappa shape index (κ1) is 19.7. The molecule has 1 amide bonds. The number of fused-ring (bicyclic) bond motifs is 1. The molecule has 0 saturated heterocycles. The van der Waals surface area contributed by atoms with E-state index in [0.29, 0.717) is 27.9 Å². The SMILES string of the molecule is O=C(O)COc1ccc(NC(=O)c2ccc(Br)cc2)cc1-c1nc2ccccc2o1. The van der Waals surface area contributed by atoms with E-state index in [1.165, 1.54) is 0 Å². The van der Waals surface area contributed by atoms with E-state index in [1.807, 2.05) is 12.1 Å². The molecule has 4 aromatic rings. The molecule has 4 rings (SSSR count). The highest BCUT2D eigenvalue weighted by atomic mass is 79.9. The highest BCUT2D eigenvalue weighted by Gasteiger charge is 2.16. The zero-order valence-electron chi connectivity index (χ0n) is 15.5. The number of hydrogen-bond acceptors (Lipinski definition) is 5. The number of nitrogens with zero attached hydrogens (tertiary/aromatic N) is 1. The van der Waals surface area contributed by atoms with E-state index in [-0.39, 0.29) is 17.5 Å². The van der Waals surface area contributed by atoms with Crippen molar-refractivity contribution in [2.24, 2.45) is 0 Å². The first-order valence-corrected chi connectivity index (χ1v) is 9.70. The minimum Gasteiger partial charge on any atom is -0.481 e. The van der Waals surface area contributed by atoms with Crippen molar-refractivity contribution in [3.8, 4) is 17.2 Å². The van der Waals surface area contributed by atoms with Crippen LogP contribution in [0.25, 0.3) is 22.6 Å². The lowest BCUT2D eigenvalue weighted by molar-refractivity contribution is -0.139. The number of halogens is 1. The van der Waals surface area contributed by atoms with Crippen LogP contribution in [0, 0.1) is 0 Å². The molecule has 1 aromatic heterocycles. The van der Waals surface area contributed by atoms with Gasteiger partial charge in [-0.2, -0.15) is 0 Å². The van der Waals surface area contributed by atoms with Crippen molar-refractivity contribution in [1.82, 2.24) is 4.98 Å². The Morgan fingerprint density at radius 3 is 2.57 bits per heavy atom. The molecule has 0 atom stereocenters. The lowest BCUT2D eigenvalue weighted by atomic mass is 10.1. The van der Waals surface area contributed by atoms with Gasteiger partial charge in [-0.15, -0.1) is 0 Å². The molecular formula is C22H15BrN2O5. The molecule has 8 heteroatoms. The highest BCUT2D eigenvalue weighted by molar-refractivity contribution is 9.10. The third-order valence-corrected chi connectivity index (χ3v) is 4.75. The topological polar surface area (TPSA) is 102 Å². The lowest BCUT2D eigenvalue weighted by Crippen LogP contribution is -2.12. The minimum atomic E-state index is -1.11. The minimum absolute atomic E-state index is 0.260. The number of carboxylic acids is 1. The number of aliphatic carboxylic acids is 1. The number of oxazole rings is 1. The number of amides is 1. The number of carbonyl (C=O) groups is 2. The molecule has 30 heavy (non-hydrogen) atoms. The molecule has 0 aliphatic rings. The van der Waals surface area contributed by atoms with Crippen LogP contribution in [-0.2, 0) is 4.79 Å². The molecule has 0 aliphatic carbocycles. The van der Waals surface area contributed by atoms with E-state index in [0.717, 1.165) is 4.47 Å². The number of rotatable bonds is 6. The summed E-state index contributed by atoms with van der Waals surface area (Å²) in [6.45, 7) is -0.516. The largest absolute Gasteiger partial charge is 0.481 e. The van der Waals surface area contributed by atoms with E-state index in [2.05, 4.69) is 26.2 Å². The number of carbonyl (C=O) groups excluding carboxylic acids is 1. The second-order valence-corrected chi connectivity index (χ2v) is 7.26. The van der Waals surface area contributed by atoms with Gasteiger partial charge in [-0.05, 0) is 54.6 Å². The average Bonchev–Trinajstić information content (AvgIpc) is 3.17. The molecule has 150 valence electrons. The van der Waals surface area contributed by atoms with Crippen molar-refractivity contribution in [3.63, 3.8) is 0 Å². The summed E-state index contributed by atoms with van der Waals surface area (Å²) in [6.07, 6.45) is 0. The van der Waals surface area contributed by atoms with Crippen LogP contribution >= 0.6 is 15.9 Å². The van der Waals surface area contributed by atoms with Crippen LogP contribution < -0.4 is 10.1 Å². The molecule has 3 aromatic carbocycles. The van der Waals surface area contributed by atoms with Gasteiger partial charge >= 0.3 is 5.97 Å². The van der Waals surface area contributed by atoms with Crippen molar-refractivity contribution < 1.29 is 23.8 Å². The van der Waals surface area contributed by atoms with Crippen LogP contribution in [0.15, 0.2) is 75.6 Å². The number of nitrogens with one attached hydrogen (secondary N) is 1. The predicted molar refractivity (Wildman–Crippen MR) is 115 cm³/mol. The van der Waals surface area contributed by atoms with Gasteiger partial charge < -0.3 is 19.6 Å². The van der Waals surface area contributed by atoms with Gasteiger partial charge in [0, 0.05) is 15.7 Å². The first-order valence-electron chi connectivity index (χ1n) is 8.91. The Morgan fingerprint density at radius 2 is 1.83 bits per heavy atom. The van der Waals surface area contributed by atoms with Crippen LogP contribution in [0.3, 0.4) is 0 Å². The maximum atomic E-state index is 12.5. The lowest BCUT2D eigenvalue weighted by Gasteiger charge is -2.11. The second-order valence-electron chi connectivity index (χ2n) is 6.34. The van der Waals surface area contributed by atoms with Crippen LogP contribution in [-0.4, -0.2) is 28.6 Å². The van der Waals surface area contributed by atoms with Crippen molar-refractivity contribution in [2.45, 2.75) is 0 Å². The number of anilines is 1. The summed E-state index contributed by atoms with van der Waals surface area (Å²) in [7, 11) is 0. The molecule has 0 unspecified atom stereocenters. The van der Waals surface area contributed by atoms with Gasteiger partial charge in [0.25, 0.3) is 5.91 Å². The zero-order valence-corrected chi connectivity index (χ0v) is 17.0. The molecule has 0 aliphatic heterocycles. The summed E-state index contributed by atoms with van der Waals surface area (Å²) in [5.74, 6) is -0.849. The molecule has 0 saturated carbocycles. The van der Waals surface area contributed by atoms with Crippen molar-refractivity contribution in [2.75, 3.05) is 11.9 Å². The van der Waals surface area contributed by atoms with Crippen molar-refractivity contribution >= 4 is 44.6 Å². The number of benzene rings is 3. The number of para-hydroxylation sites is 2. The van der Waals surface area contributed by atoms with E-state index in [4.69, 9.17) is 14.3 Å². The Hall–Kier alpha value is -3.65. The van der Waals surface area contributed by atoms with Crippen LogP contribution in [0.1, 0.15) is 10.4 Å². The van der Waals surface area contributed by atoms with Crippen LogP contribution in [0.2, 0.25) is 0 Å². The Balaban J connectivity index is 1.69.